The van der Waals surface area contributed by atoms with Crippen molar-refractivity contribution in [1.29, 1.82) is 0 Å². The van der Waals surface area contributed by atoms with Crippen LogP contribution in [0.25, 0.3) is 0 Å². The van der Waals surface area contributed by atoms with E-state index in [1.165, 1.54) is 12.2 Å². The first-order valence-corrected chi connectivity index (χ1v) is 5.91. The summed E-state index contributed by atoms with van der Waals surface area (Å²) in [6, 6.07) is 0. The second kappa shape index (κ2) is 14.8. The lowest BCUT2D eigenvalue weighted by molar-refractivity contribution is -0.125. The second-order valence-electron chi connectivity index (χ2n) is 3.19. The molecule has 100 valence electrons. The second-order valence-corrected chi connectivity index (χ2v) is 3.19. The summed E-state index contributed by atoms with van der Waals surface area (Å²) < 4.78 is 0. The van der Waals surface area contributed by atoms with Crippen molar-refractivity contribution in [3.05, 3.63) is 12.2 Å². The van der Waals surface area contributed by atoms with Gasteiger partial charge in [0.05, 0.1) is 6.61 Å². The van der Waals surface area contributed by atoms with Gasteiger partial charge in [0.1, 0.15) is 6.29 Å². The van der Waals surface area contributed by atoms with Crippen LogP contribution in [0.2, 0.25) is 0 Å². The summed E-state index contributed by atoms with van der Waals surface area (Å²) in [6.45, 7) is 5.22. The molecule has 0 heterocycles. The number of rotatable bonds is 8. The molecule has 1 amide bonds. The van der Waals surface area contributed by atoms with Gasteiger partial charge in [0.25, 0.3) is 0 Å². The first-order valence-electron chi connectivity index (χ1n) is 5.91. The average Bonchev–Trinajstić information content (AvgIpc) is 2.37. The highest BCUT2D eigenvalue weighted by Gasteiger charge is 2.03. The number of nitrogens with two attached hydrogens (primary N) is 1. The molecule has 5 nitrogen and oxygen atoms in total. The van der Waals surface area contributed by atoms with Crippen LogP contribution in [0.4, 0.5) is 0 Å². The smallest absolute Gasteiger partial charge is 0.246 e. The van der Waals surface area contributed by atoms with Gasteiger partial charge >= 0.3 is 0 Å². The van der Waals surface area contributed by atoms with Gasteiger partial charge in [0, 0.05) is 19.7 Å². The molecule has 0 aliphatic carbocycles. The molecule has 0 rings (SSSR count). The van der Waals surface area contributed by atoms with Crippen LogP contribution in [0.5, 0.6) is 0 Å². The summed E-state index contributed by atoms with van der Waals surface area (Å²) >= 11 is 0. The molecule has 0 aromatic heterocycles. The molecule has 0 aromatic carbocycles. The fraction of sp³-hybridized carbons (Fsp3) is 0.667. The van der Waals surface area contributed by atoms with E-state index >= 15 is 0 Å². The molecule has 2 N–H and O–H groups in total. The molecule has 0 unspecified atom stereocenters. The lowest BCUT2D eigenvalue weighted by Gasteiger charge is -2.14. The Kier molecular flexibility index (Phi) is 15.8. The first kappa shape index (κ1) is 18.2. The van der Waals surface area contributed by atoms with Gasteiger partial charge in [-0.25, -0.2) is 5.90 Å². The first-order chi connectivity index (χ1) is 8.22. The number of aldehydes is 1. The Labute approximate surface area is 104 Å². The Hall–Kier alpha value is -1.20. The molecule has 0 spiro atoms. The van der Waals surface area contributed by atoms with Gasteiger partial charge < -0.3 is 9.74 Å². The molecule has 0 saturated carbocycles. The number of carbonyl (C=O) groups is 2. The Morgan fingerprint density at radius 2 is 1.94 bits per heavy atom. The van der Waals surface area contributed by atoms with E-state index in [4.69, 9.17) is 5.90 Å². The van der Waals surface area contributed by atoms with Crippen LogP contribution >= 0.6 is 0 Å². The summed E-state index contributed by atoms with van der Waals surface area (Å²) in [4.78, 5) is 27.2. The van der Waals surface area contributed by atoms with E-state index in [-0.39, 0.29) is 5.91 Å². The summed E-state index contributed by atoms with van der Waals surface area (Å²) in [5.41, 5.74) is 0. The minimum Gasteiger partial charge on any atom is -0.342 e. The lowest BCUT2D eigenvalue weighted by atomic mass is 10.2. The number of carbonyl (C=O) groups excluding carboxylic acids is 2. The largest absolute Gasteiger partial charge is 0.342 e. The number of unbranched alkanes of at least 4 members (excludes halogenated alkanes) is 2. The molecular formula is C12H24N2O3. The van der Waals surface area contributed by atoms with Gasteiger partial charge in [-0.15, -0.1) is 0 Å². The lowest BCUT2D eigenvalue weighted by Crippen LogP contribution is -2.25. The third kappa shape index (κ3) is 12.7. The fourth-order valence-electron chi connectivity index (χ4n) is 1.07. The molecule has 0 aliphatic rings. The van der Waals surface area contributed by atoms with E-state index in [2.05, 4.69) is 4.84 Å². The van der Waals surface area contributed by atoms with Crippen molar-refractivity contribution in [3.63, 3.8) is 0 Å². The maximum atomic E-state index is 11.3. The van der Waals surface area contributed by atoms with Gasteiger partial charge in [-0.3, -0.25) is 9.59 Å². The summed E-state index contributed by atoms with van der Waals surface area (Å²) in [5.74, 6) is 4.71. The molecule has 0 atom stereocenters. The van der Waals surface area contributed by atoms with E-state index in [1.54, 1.807) is 11.9 Å². The summed E-state index contributed by atoms with van der Waals surface area (Å²) in [7, 11) is 1.71. The average molecular weight is 244 g/mol. The van der Waals surface area contributed by atoms with Crippen LogP contribution in [-0.2, 0) is 14.4 Å². The molecule has 5 heteroatoms. The van der Waals surface area contributed by atoms with Crippen molar-refractivity contribution in [2.24, 2.45) is 5.90 Å². The van der Waals surface area contributed by atoms with Crippen molar-refractivity contribution in [3.8, 4) is 0 Å². The van der Waals surface area contributed by atoms with Gasteiger partial charge in [0.2, 0.25) is 5.91 Å². The molecular weight excluding hydrogens is 220 g/mol. The van der Waals surface area contributed by atoms with Crippen LogP contribution in [-0.4, -0.2) is 37.3 Å². The number of hydrogen-bond donors (Lipinski definition) is 1. The maximum absolute atomic E-state index is 11.3. The van der Waals surface area contributed by atoms with Gasteiger partial charge in [-0.05, 0) is 25.3 Å². The number of allylic oxidation sites excluding steroid dienone is 1. The van der Waals surface area contributed by atoms with E-state index < -0.39 is 0 Å². The number of likely N-dealkylation sites (N-methyl/N-ethyl adjacent to an activating group) is 1. The molecule has 0 aliphatic heterocycles. The molecule has 0 bridgehead atoms. The number of amides is 1. The molecule has 17 heavy (non-hydrogen) atoms. The number of hydrogen-bond acceptors (Lipinski definition) is 4. The van der Waals surface area contributed by atoms with E-state index in [0.29, 0.717) is 19.4 Å². The highest BCUT2D eigenvalue weighted by atomic mass is 16.6. The van der Waals surface area contributed by atoms with Crippen LogP contribution in [0.3, 0.4) is 0 Å². The molecule has 0 radical (unpaired) electrons. The standard InChI is InChI=1S/C10H18N2O3.C2H6/c1-12(10(14)6-5-8-13)7-3-2-4-9-15-11;1-2/h5-6,8H,2-4,7,9,11H2,1H3;1-2H3/b6-5-;. The van der Waals surface area contributed by atoms with Crippen LogP contribution in [0.1, 0.15) is 33.1 Å². The normalized spacial score (nSPS) is 9.65. The van der Waals surface area contributed by atoms with Crippen molar-refractivity contribution in [2.45, 2.75) is 33.1 Å². The highest BCUT2D eigenvalue weighted by molar-refractivity contribution is 5.90. The van der Waals surface area contributed by atoms with E-state index in [1.807, 2.05) is 13.8 Å². The van der Waals surface area contributed by atoms with Crippen molar-refractivity contribution < 1.29 is 14.4 Å². The van der Waals surface area contributed by atoms with Gasteiger partial charge in [-0.2, -0.15) is 0 Å². The molecule has 0 aromatic rings. The highest BCUT2D eigenvalue weighted by Crippen LogP contribution is 1.98. The number of nitrogens with zero attached hydrogens (tertiary/aromatic N) is 1. The van der Waals surface area contributed by atoms with Crippen LogP contribution < -0.4 is 5.90 Å². The van der Waals surface area contributed by atoms with Crippen LogP contribution in [0.15, 0.2) is 12.2 Å². The van der Waals surface area contributed by atoms with Gasteiger partial charge in [-0.1, -0.05) is 13.8 Å². The molecule has 0 fully saturated rings. The summed E-state index contributed by atoms with van der Waals surface area (Å²) in [5, 5.41) is 0. The zero-order chi connectivity index (χ0) is 13.5. The minimum absolute atomic E-state index is 0.155. The Morgan fingerprint density at radius 3 is 2.47 bits per heavy atom. The topological polar surface area (TPSA) is 72.6 Å². The predicted molar refractivity (Wildman–Crippen MR) is 68.2 cm³/mol. The molecule has 0 saturated heterocycles. The zero-order valence-electron chi connectivity index (χ0n) is 11.0. The minimum atomic E-state index is -0.155. The third-order valence-corrected chi connectivity index (χ3v) is 1.95. The Morgan fingerprint density at radius 1 is 1.29 bits per heavy atom. The monoisotopic (exact) mass is 244 g/mol. The van der Waals surface area contributed by atoms with E-state index in [0.717, 1.165) is 19.3 Å². The van der Waals surface area contributed by atoms with Gasteiger partial charge in [0.15, 0.2) is 0 Å². The Bertz CT molecular complexity index is 218. The summed E-state index contributed by atoms with van der Waals surface area (Å²) in [6.07, 6.45) is 5.80. The van der Waals surface area contributed by atoms with Crippen molar-refractivity contribution in [2.75, 3.05) is 20.2 Å². The van der Waals surface area contributed by atoms with Crippen LogP contribution in [0, 0.1) is 0 Å². The van der Waals surface area contributed by atoms with Crippen molar-refractivity contribution >= 4 is 12.2 Å². The Balaban J connectivity index is 0. The predicted octanol–water partition coefficient (Wildman–Crippen LogP) is 1.29. The van der Waals surface area contributed by atoms with Crippen molar-refractivity contribution in [1.82, 2.24) is 4.90 Å². The quantitative estimate of drug-likeness (QED) is 0.302. The third-order valence-electron chi connectivity index (χ3n) is 1.95. The zero-order valence-corrected chi connectivity index (χ0v) is 11.0. The van der Waals surface area contributed by atoms with E-state index in [9.17, 15) is 9.59 Å². The fourth-order valence-corrected chi connectivity index (χ4v) is 1.07. The maximum Gasteiger partial charge on any atom is 0.246 e. The SMILES string of the molecule is CC.CN(CCCCCON)C(=O)/C=C\C=O.